The molecule has 0 spiro atoms. The number of aromatic nitrogens is 3. The lowest BCUT2D eigenvalue weighted by Crippen LogP contribution is -2.25. The van der Waals surface area contributed by atoms with Crippen molar-refractivity contribution >= 4 is 21.8 Å². The summed E-state index contributed by atoms with van der Waals surface area (Å²) in [6.07, 6.45) is 2.17. The number of H-pyrrole nitrogens is 1. The van der Waals surface area contributed by atoms with Gasteiger partial charge in [-0.15, -0.1) is 0 Å². The minimum atomic E-state index is -0.218. The molecule has 0 saturated heterocycles. The van der Waals surface area contributed by atoms with Gasteiger partial charge in [0.05, 0.1) is 12.8 Å². The summed E-state index contributed by atoms with van der Waals surface area (Å²) in [7, 11) is 0. The number of amides is 1. The summed E-state index contributed by atoms with van der Waals surface area (Å²) < 4.78 is 5.22. The van der Waals surface area contributed by atoms with Crippen LogP contribution in [0.3, 0.4) is 0 Å². The average Bonchev–Trinajstić information content (AvgIpc) is 2.76. The predicted octanol–water partition coefficient (Wildman–Crippen LogP) is 0.336. The van der Waals surface area contributed by atoms with Crippen LogP contribution in [0.25, 0.3) is 0 Å². The summed E-state index contributed by atoms with van der Waals surface area (Å²) in [4.78, 5) is 11.3. The molecule has 0 atom stereocenters. The van der Waals surface area contributed by atoms with Crippen molar-refractivity contribution in [2.75, 3.05) is 25.1 Å². The number of ether oxygens (including phenoxy) is 1. The van der Waals surface area contributed by atoms with Crippen molar-refractivity contribution in [3.8, 4) is 0 Å². The van der Waals surface area contributed by atoms with Crippen LogP contribution < -0.4 is 5.32 Å². The number of rotatable bonds is 7. The fraction of sp³-hybridized carbons (Fsp3) is 0.625. The van der Waals surface area contributed by atoms with E-state index >= 15 is 0 Å². The van der Waals surface area contributed by atoms with Crippen LogP contribution in [0.2, 0.25) is 0 Å². The van der Waals surface area contributed by atoms with Crippen LogP contribution in [-0.2, 0) is 4.74 Å². The van der Waals surface area contributed by atoms with Gasteiger partial charge in [-0.3, -0.25) is 4.79 Å². The Balaban J connectivity index is 2.03. The maximum Gasteiger partial charge on any atom is 0.273 e. The average molecular weight is 277 g/mol. The lowest BCUT2D eigenvalue weighted by Gasteiger charge is -2.03. The van der Waals surface area contributed by atoms with Gasteiger partial charge in [-0.1, -0.05) is 15.9 Å². The highest BCUT2D eigenvalue weighted by atomic mass is 79.9. The molecule has 7 heteroatoms. The van der Waals surface area contributed by atoms with Gasteiger partial charge in [0.2, 0.25) is 0 Å². The SMILES string of the molecule is O=C(NCCCOCCBr)c1cn[nH]n1. The van der Waals surface area contributed by atoms with E-state index in [1.807, 2.05) is 0 Å². The minimum Gasteiger partial charge on any atom is -0.381 e. The van der Waals surface area contributed by atoms with Gasteiger partial charge in [-0.05, 0) is 6.42 Å². The van der Waals surface area contributed by atoms with E-state index in [1.54, 1.807) is 0 Å². The van der Waals surface area contributed by atoms with Crippen LogP contribution in [0.5, 0.6) is 0 Å². The largest absolute Gasteiger partial charge is 0.381 e. The van der Waals surface area contributed by atoms with Gasteiger partial charge in [0.25, 0.3) is 5.91 Å². The van der Waals surface area contributed by atoms with Crippen molar-refractivity contribution in [3.63, 3.8) is 0 Å². The number of hydrogen-bond acceptors (Lipinski definition) is 4. The molecular formula is C8H13BrN4O2. The zero-order valence-corrected chi connectivity index (χ0v) is 9.79. The molecule has 1 aromatic heterocycles. The highest BCUT2D eigenvalue weighted by molar-refractivity contribution is 9.09. The van der Waals surface area contributed by atoms with Crippen molar-refractivity contribution in [2.24, 2.45) is 0 Å². The summed E-state index contributed by atoms with van der Waals surface area (Å²) in [6, 6.07) is 0. The molecular weight excluding hydrogens is 264 g/mol. The molecule has 0 saturated carbocycles. The van der Waals surface area contributed by atoms with E-state index in [9.17, 15) is 4.79 Å². The predicted molar refractivity (Wildman–Crippen MR) is 57.9 cm³/mol. The third-order valence-electron chi connectivity index (χ3n) is 1.62. The Morgan fingerprint density at radius 1 is 1.60 bits per heavy atom. The molecule has 1 amide bonds. The van der Waals surface area contributed by atoms with Crippen LogP contribution in [0, 0.1) is 0 Å². The quantitative estimate of drug-likeness (QED) is 0.556. The summed E-state index contributed by atoms with van der Waals surface area (Å²) in [5, 5.41) is 13.1. The van der Waals surface area contributed by atoms with Gasteiger partial charge >= 0.3 is 0 Å². The Bertz CT molecular complexity index is 278. The first kappa shape index (κ1) is 12.1. The molecule has 0 fully saturated rings. The maximum atomic E-state index is 11.3. The van der Waals surface area contributed by atoms with E-state index in [0.717, 1.165) is 11.8 Å². The Hall–Kier alpha value is -0.950. The molecule has 1 heterocycles. The van der Waals surface area contributed by atoms with Crippen molar-refractivity contribution in [1.29, 1.82) is 0 Å². The van der Waals surface area contributed by atoms with E-state index in [-0.39, 0.29) is 5.91 Å². The summed E-state index contributed by atoms with van der Waals surface area (Å²) in [5.74, 6) is -0.218. The number of aromatic amines is 1. The Morgan fingerprint density at radius 3 is 3.13 bits per heavy atom. The number of alkyl halides is 1. The fourth-order valence-corrected chi connectivity index (χ4v) is 1.16. The van der Waals surface area contributed by atoms with Gasteiger partial charge in [0, 0.05) is 18.5 Å². The standard InChI is InChI=1S/C8H13BrN4O2/c9-2-5-15-4-1-3-10-8(14)7-6-11-13-12-7/h6H,1-5H2,(H,10,14)(H,11,12,13). The molecule has 0 bridgehead atoms. The number of nitrogens with zero attached hydrogens (tertiary/aromatic N) is 2. The van der Waals surface area contributed by atoms with Crippen LogP contribution in [0.4, 0.5) is 0 Å². The molecule has 0 aliphatic carbocycles. The zero-order valence-electron chi connectivity index (χ0n) is 8.20. The summed E-state index contributed by atoms with van der Waals surface area (Å²) in [6.45, 7) is 1.91. The second-order valence-electron chi connectivity index (χ2n) is 2.77. The molecule has 0 radical (unpaired) electrons. The topological polar surface area (TPSA) is 79.9 Å². The molecule has 1 rings (SSSR count). The van der Waals surface area contributed by atoms with E-state index in [1.165, 1.54) is 6.20 Å². The fourth-order valence-electron chi connectivity index (χ4n) is 0.934. The molecule has 84 valence electrons. The molecule has 0 aliphatic heterocycles. The minimum absolute atomic E-state index is 0.218. The van der Waals surface area contributed by atoms with E-state index in [0.29, 0.717) is 25.5 Å². The number of carbonyl (C=O) groups is 1. The van der Waals surface area contributed by atoms with Gasteiger partial charge in [-0.2, -0.15) is 15.4 Å². The number of nitrogens with one attached hydrogen (secondary N) is 2. The molecule has 6 nitrogen and oxygen atoms in total. The molecule has 15 heavy (non-hydrogen) atoms. The van der Waals surface area contributed by atoms with Crippen molar-refractivity contribution in [3.05, 3.63) is 11.9 Å². The number of hydrogen-bond donors (Lipinski definition) is 2. The second-order valence-corrected chi connectivity index (χ2v) is 3.56. The van der Waals surface area contributed by atoms with Crippen molar-refractivity contribution < 1.29 is 9.53 Å². The number of carbonyl (C=O) groups excluding carboxylic acids is 1. The summed E-state index contributed by atoms with van der Waals surface area (Å²) in [5.41, 5.74) is 0.302. The Morgan fingerprint density at radius 2 is 2.47 bits per heavy atom. The monoisotopic (exact) mass is 276 g/mol. The van der Waals surface area contributed by atoms with Gasteiger partial charge in [0.1, 0.15) is 0 Å². The van der Waals surface area contributed by atoms with Crippen LogP contribution in [0.15, 0.2) is 6.20 Å². The van der Waals surface area contributed by atoms with E-state index < -0.39 is 0 Å². The van der Waals surface area contributed by atoms with E-state index in [4.69, 9.17) is 4.74 Å². The Labute approximate surface area is 95.9 Å². The Kier molecular flexibility index (Phi) is 5.94. The third-order valence-corrected chi connectivity index (χ3v) is 1.94. The molecule has 2 N–H and O–H groups in total. The first-order valence-corrected chi connectivity index (χ1v) is 5.74. The molecule has 0 aromatic carbocycles. The highest BCUT2D eigenvalue weighted by Crippen LogP contribution is 1.89. The smallest absolute Gasteiger partial charge is 0.273 e. The zero-order chi connectivity index (χ0) is 10.9. The highest BCUT2D eigenvalue weighted by Gasteiger charge is 2.06. The number of halogens is 1. The first-order valence-electron chi connectivity index (χ1n) is 4.62. The van der Waals surface area contributed by atoms with Gasteiger partial charge in [0.15, 0.2) is 5.69 Å². The van der Waals surface area contributed by atoms with Crippen molar-refractivity contribution in [2.45, 2.75) is 6.42 Å². The molecule has 0 unspecified atom stereocenters. The first-order chi connectivity index (χ1) is 7.34. The second kappa shape index (κ2) is 7.36. The lowest BCUT2D eigenvalue weighted by atomic mass is 10.4. The normalized spacial score (nSPS) is 10.2. The lowest BCUT2D eigenvalue weighted by molar-refractivity contribution is 0.0939. The van der Waals surface area contributed by atoms with Crippen LogP contribution >= 0.6 is 15.9 Å². The molecule has 0 aliphatic rings. The van der Waals surface area contributed by atoms with Gasteiger partial charge in [-0.25, -0.2) is 0 Å². The van der Waals surface area contributed by atoms with Crippen LogP contribution in [0.1, 0.15) is 16.9 Å². The summed E-state index contributed by atoms with van der Waals surface area (Å²) >= 11 is 3.25. The van der Waals surface area contributed by atoms with E-state index in [2.05, 4.69) is 36.7 Å². The van der Waals surface area contributed by atoms with Crippen molar-refractivity contribution in [1.82, 2.24) is 20.7 Å². The molecule has 1 aromatic rings. The maximum absolute atomic E-state index is 11.3. The van der Waals surface area contributed by atoms with Crippen LogP contribution in [-0.4, -0.2) is 46.4 Å². The van der Waals surface area contributed by atoms with Gasteiger partial charge < -0.3 is 10.1 Å². The third kappa shape index (κ3) is 4.89.